The highest BCUT2D eigenvalue weighted by atomic mass is 16.4. The molecule has 0 bridgehead atoms. The highest BCUT2D eigenvalue weighted by Gasteiger charge is 2.25. The molecule has 4 nitrogen and oxygen atoms in total. The number of carboxylic acid groups (broad SMARTS) is 1. The van der Waals surface area contributed by atoms with Crippen molar-refractivity contribution in [2.24, 2.45) is 0 Å². The average Bonchev–Trinajstić information content (AvgIpc) is 2.28. The lowest BCUT2D eigenvalue weighted by Crippen LogP contribution is -2.56. The molecule has 2 atom stereocenters. The predicted octanol–water partition coefficient (Wildman–Crippen LogP) is 1.33. The fourth-order valence-electron chi connectivity index (χ4n) is 2.36. The van der Waals surface area contributed by atoms with Crippen LogP contribution in [-0.4, -0.2) is 36.2 Å². The van der Waals surface area contributed by atoms with Crippen molar-refractivity contribution >= 4 is 11.7 Å². The third-order valence-electron chi connectivity index (χ3n) is 3.00. The van der Waals surface area contributed by atoms with Crippen LogP contribution in [0.4, 0.5) is 5.69 Å². The largest absolute Gasteiger partial charge is 0.481 e. The Bertz CT molecular complexity index is 380. The molecule has 2 N–H and O–H groups in total. The number of aliphatic carboxylic acids is 1. The lowest BCUT2D eigenvalue weighted by atomic mass is 10.1. The van der Waals surface area contributed by atoms with Crippen molar-refractivity contribution in [3.05, 3.63) is 30.3 Å². The first kappa shape index (κ1) is 11.9. The van der Waals surface area contributed by atoms with Gasteiger partial charge in [-0.05, 0) is 19.1 Å². The maximum absolute atomic E-state index is 10.8. The molecule has 17 heavy (non-hydrogen) atoms. The Morgan fingerprint density at radius 1 is 1.41 bits per heavy atom. The molecule has 1 aromatic carbocycles. The highest BCUT2D eigenvalue weighted by molar-refractivity contribution is 5.67. The van der Waals surface area contributed by atoms with Crippen molar-refractivity contribution in [1.82, 2.24) is 5.32 Å². The molecule has 0 amide bonds. The van der Waals surface area contributed by atoms with Gasteiger partial charge in [0.25, 0.3) is 0 Å². The summed E-state index contributed by atoms with van der Waals surface area (Å²) >= 11 is 0. The monoisotopic (exact) mass is 234 g/mol. The smallest absolute Gasteiger partial charge is 0.304 e. The van der Waals surface area contributed by atoms with E-state index in [1.165, 1.54) is 0 Å². The standard InChI is InChI=1S/C13H18N2O2/c1-10-8-15(12-5-3-2-4-6-12)9-11(14-10)7-13(16)17/h2-6,10-11,14H,7-9H2,1H3,(H,16,17)/t10-,11-/m0/s1. The summed E-state index contributed by atoms with van der Waals surface area (Å²) in [4.78, 5) is 13.0. The molecule has 0 saturated carbocycles. The maximum atomic E-state index is 10.8. The number of carbonyl (C=O) groups is 1. The average molecular weight is 234 g/mol. The van der Waals surface area contributed by atoms with Crippen LogP contribution >= 0.6 is 0 Å². The Morgan fingerprint density at radius 3 is 2.76 bits per heavy atom. The first-order chi connectivity index (χ1) is 8.15. The Kier molecular flexibility index (Phi) is 3.64. The van der Waals surface area contributed by atoms with Crippen LogP contribution < -0.4 is 10.2 Å². The Hall–Kier alpha value is -1.55. The van der Waals surface area contributed by atoms with Crippen LogP contribution in [0.25, 0.3) is 0 Å². The van der Waals surface area contributed by atoms with Crippen molar-refractivity contribution in [2.75, 3.05) is 18.0 Å². The molecule has 0 unspecified atom stereocenters. The number of piperazine rings is 1. The molecule has 1 aromatic rings. The van der Waals surface area contributed by atoms with Crippen LogP contribution in [0.3, 0.4) is 0 Å². The highest BCUT2D eigenvalue weighted by Crippen LogP contribution is 2.17. The SMILES string of the molecule is C[C@H]1CN(c2ccccc2)C[C@H](CC(=O)O)N1. The minimum Gasteiger partial charge on any atom is -0.481 e. The van der Waals surface area contributed by atoms with Crippen molar-refractivity contribution in [1.29, 1.82) is 0 Å². The van der Waals surface area contributed by atoms with E-state index in [0.29, 0.717) is 6.04 Å². The zero-order valence-electron chi connectivity index (χ0n) is 9.97. The Balaban J connectivity index is 2.06. The van der Waals surface area contributed by atoms with Crippen molar-refractivity contribution in [3.63, 3.8) is 0 Å². The van der Waals surface area contributed by atoms with Crippen molar-refractivity contribution in [3.8, 4) is 0 Å². The van der Waals surface area contributed by atoms with Crippen LogP contribution in [0.1, 0.15) is 13.3 Å². The molecule has 1 aliphatic rings. The minimum atomic E-state index is -0.746. The van der Waals surface area contributed by atoms with Crippen LogP contribution in [0.5, 0.6) is 0 Å². The van der Waals surface area contributed by atoms with E-state index in [4.69, 9.17) is 5.11 Å². The summed E-state index contributed by atoms with van der Waals surface area (Å²) in [6.07, 6.45) is 0.174. The molecular formula is C13H18N2O2. The van der Waals surface area contributed by atoms with E-state index < -0.39 is 5.97 Å². The quantitative estimate of drug-likeness (QED) is 0.828. The molecule has 0 aliphatic carbocycles. The summed E-state index contributed by atoms with van der Waals surface area (Å²) in [6.45, 7) is 3.75. The van der Waals surface area contributed by atoms with Gasteiger partial charge in [-0.25, -0.2) is 0 Å². The van der Waals surface area contributed by atoms with Gasteiger partial charge in [-0.15, -0.1) is 0 Å². The van der Waals surface area contributed by atoms with Crippen LogP contribution in [-0.2, 0) is 4.79 Å². The van der Waals surface area contributed by atoms with Gasteiger partial charge < -0.3 is 15.3 Å². The molecular weight excluding hydrogens is 216 g/mol. The van der Waals surface area contributed by atoms with Gasteiger partial charge in [0.1, 0.15) is 0 Å². The number of benzene rings is 1. The number of rotatable bonds is 3. The summed E-state index contributed by atoms with van der Waals surface area (Å²) in [5.41, 5.74) is 1.16. The molecule has 1 heterocycles. The van der Waals surface area contributed by atoms with Crippen molar-refractivity contribution in [2.45, 2.75) is 25.4 Å². The van der Waals surface area contributed by atoms with Gasteiger partial charge in [-0.2, -0.15) is 0 Å². The van der Waals surface area contributed by atoms with E-state index in [-0.39, 0.29) is 12.5 Å². The second kappa shape index (κ2) is 5.19. The van der Waals surface area contributed by atoms with E-state index in [1.807, 2.05) is 18.2 Å². The summed E-state index contributed by atoms with van der Waals surface area (Å²) < 4.78 is 0. The maximum Gasteiger partial charge on any atom is 0.304 e. The summed E-state index contributed by atoms with van der Waals surface area (Å²) in [6, 6.07) is 10.5. The third kappa shape index (κ3) is 3.20. The second-order valence-electron chi connectivity index (χ2n) is 4.60. The zero-order valence-corrected chi connectivity index (χ0v) is 9.97. The second-order valence-corrected chi connectivity index (χ2v) is 4.60. The molecule has 1 saturated heterocycles. The van der Waals surface area contributed by atoms with Crippen molar-refractivity contribution < 1.29 is 9.90 Å². The van der Waals surface area contributed by atoms with Gasteiger partial charge >= 0.3 is 5.97 Å². The van der Waals surface area contributed by atoms with E-state index in [0.717, 1.165) is 18.8 Å². The number of nitrogens with one attached hydrogen (secondary N) is 1. The topological polar surface area (TPSA) is 52.6 Å². The van der Waals surface area contributed by atoms with Crippen LogP contribution in [0, 0.1) is 0 Å². The van der Waals surface area contributed by atoms with Gasteiger partial charge in [0.15, 0.2) is 0 Å². The van der Waals surface area contributed by atoms with Gasteiger partial charge in [0, 0.05) is 30.9 Å². The molecule has 0 radical (unpaired) electrons. The first-order valence-corrected chi connectivity index (χ1v) is 5.93. The fourth-order valence-corrected chi connectivity index (χ4v) is 2.36. The molecule has 1 fully saturated rings. The molecule has 0 aromatic heterocycles. The number of hydrogen-bond acceptors (Lipinski definition) is 3. The summed E-state index contributed by atoms with van der Waals surface area (Å²) in [5.74, 6) is -0.746. The zero-order chi connectivity index (χ0) is 12.3. The first-order valence-electron chi connectivity index (χ1n) is 5.93. The molecule has 92 valence electrons. The van der Waals surface area contributed by atoms with E-state index in [2.05, 4.69) is 29.3 Å². The number of para-hydroxylation sites is 1. The lowest BCUT2D eigenvalue weighted by molar-refractivity contribution is -0.137. The molecule has 4 heteroatoms. The predicted molar refractivity (Wildman–Crippen MR) is 67.3 cm³/mol. The van der Waals surface area contributed by atoms with E-state index >= 15 is 0 Å². The van der Waals surface area contributed by atoms with E-state index in [9.17, 15) is 4.79 Å². The minimum absolute atomic E-state index is 0.0245. The third-order valence-corrected chi connectivity index (χ3v) is 3.00. The normalized spacial score (nSPS) is 24.6. The van der Waals surface area contributed by atoms with E-state index in [1.54, 1.807) is 0 Å². The Morgan fingerprint density at radius 2 is 2.12 bits per heavy atom. The van der Waals surface area contributed by atoms with Crippen LogP contribution in [0.15, 0.2) is 30.3 Å². The van der Waals surface area contributed by atoms with Gasteiger partial charge in [0.05, 0.1) is 6.42 Å². The molecule has 0 spiro atoms. The fraction of sp³-hybridized carbons (Fsp3) is 0.462. The molecule has 2 rings (SSSR count). The number of carboxylic acids is 1. The number of anilines is 1. The summed E-state index contributed by atoms with van der Waals surface area (Å²) in [5, 5.41) is 12.2. The summed E-state index contributed by atoms with van der Waals surface area (Å²) in [7, 11) is 0. The van der Waals surface area contributed by atoms with Crippen LogP contribution in [0.2, 0.25) is 0 Å². The van der Waals surface area contributed by atoms with Gasteiger partial charge in [0.2, 0.25) is 0 Å². The Labute approximate surface area is 101 Å². The molecule has 1 aliphatic heterocycles. The van der Waals surface area contributed by atoms with Gasteiger partial charge in [-0.3, -0.25) is 4.79 Å². The number of nitrogens with zero attached hydrogens (tertiary/aromatic N) is 1. The number of hydrogen-bond donors (Lipinski definition) is 2. The van der Waals surface area contributed by atoms with Gasteiger partial charge in [-0.1, -0.05) is 18.2 Å². The lowest BCUT2D eigenvalue weighted by Gasteiger charge is -2.38.